The Morgan fingerprint density at radius 2 is 1.86 bits per heavy atom. The number of halogens is 2. The van der Waals surface area contributed by atoms with Crippen molar-refractivity contribution in [1.29, 1.82) is 0 Å². The lowest BCUT2D eigenvalue weighted by Gasteiger charge is -2.54. The molecule has 0 unspecified atom stereocenters. The molecule has 1 aliphatic heterocycles. The molecule has 1 aromatic heterocycles. The van der Waals surface area contributed by atoms with Gasteiger partial charge >= 0.3 is 0 Å². The molecule has 8 nitrogen and oxygen atoms in total. The summed E-state index contributed by atoms with van der Waals surface area (Å²) in [6.07, 6.45) is 7.66. The average molecular weight is 596 g/mol. The number of carbonyl (C=O) groups is 2. The van der Waals surface area contributed by atoms with Crippen LogP contribution in [0, 0.1) is 17.6 Å². The topological polar surface area (TPSA) is 95.6 Å². The van der Waals surface area contributed by atoms with Crippen LogP contribution in [0.4, 0.5) is 8.78 Å². The van der Waals surface area contributed by atoms with E-state index in [1.165, 1.54) is 32.1 Å². The summed E-state index contributed by atoms with van der Waals surface area (Å²) in [6, 6.07) is 7.28. The Morgan fingerprint density at radius 3 is 2.49 bits per heavy atom. The van der Waals surface area contributed by atoms with Gasteiger partial charge in [-0.25, -0.2) is 13.8 Å². The Kier molecular flexibility index (Phi) is 9.89. The van der Waals surface area contributed by atoms with Gasteiger partial charge in [0.05, 0.1) is 24.6 Å². The van der Waals surface area contributed by atoms with Crippen LogP contribution in [0.3, 0.4) is 0 Å². The predicted octanol–water partition coefficient (Wildman–Crippen LogP) is 4.68. The van der Waals surface area contributed by atoms with Gasteiger partial charge in [0.1, 0.15) is 11.6 Å². The van der Waals surface area contributed by atoms with Crippen molar-refractivity contribution in [2.24, 2.45) is 5.92 Å². The van der Waals surface area contributed by atoms with Crippen LogP contribution in [0.15, 0.2) is 54.8 Å². The number of ether oxygens (including phenoxy) is 1. The molecule has 10 heteroatoms. The van der Waals surface area contributed by atoms with Gasteiger partial charge in [-0.3, -0.25) is 14.5 Å². The second kappa shape index (κ2) is 13.2. The fourth-order valence-corrected chi connectivity index (χ4v) is 6.07. The van der Waals surface area contributed by atoms with Crippen LogP contribution in [0.5, 0.6) is 5.88 Å². The highest BCUT2D eigenvalue weighted by Crippen LogP contribution is 2.35. The van der Waals surface area contributed by atoms with Crippen molar-refractivity contribution in [3.8, 4) is 5.88 Å². The van der Waals surface area contributed by atoms with Crippen LogP contribution in [-0.2, 0) is 15.1 Å². The van der Waals surface area contributed by atoms with Gasteiger partial charge in [-0.2, -0.15) is 0 Å². The number of pyridine rings is 1. The van der Waals surface area contributed by atoms with Gasteiger partial charge in [0.15, 0.2) is 0 Å². The number of carbonyl (C=O) groups excluding carboxylic acids is 2. The third-order valence-corrected chi connectivity index (χ3v) is 8.61. The van der Waals surface area contributed by atoms with Crippen LogP contribution in [-0.4, -0.2) is 60.5 Å². The second-order valence-corrected chi connectivity index (χ2v) is 12.4. The summed E-state index contributed by atoms with van der Waals surface area (Å²) in [4.78, 5) is 33.5. The van der Waals surface area contributed by atoms with E-state index in [1.54, 1.807) is 19.3 Å². The minimum absolute atomic E-state index is 0.0759. The number of aromatic nitrogens is 1. The first-order valence-electron chi connectivity index (χ1n) is 14.8. The molecule has 43 heavy (non-hydrogen) atoms. The van der Waals surface area contributed by atoms with E-state index in [9.17, 15) is 18.4 Å². The first kappa shape index (κ1) is 32.1. The molecule has 2 amide bonds. The van der Waals surface area contributed by atoms with Crippen molar-refractivity contribution in [2.75, 3.05) is 27.2 Å². The zero-order valence-corrected chi connectivity index (χ0v) is 25.7. The Labute approximate surface area is 253 Å². The summed E-state index contributed by atoms with van der Waals surface area (Å²) < 4.78 is 33.2. The predicted molar refractivity (Wildman–Crippen MR) is 163 cm³/mol. The SMILES string of the molecule is C=C(/C=C(\NC)c1ccc(F)cc1F)C(=O)NC1(CC(=O)NC(C)(C)c2ccnc(OC)c2)CN(C2CCC(C)CC2)C1. The summed E-state index contributed by atoms with van der Waals surface area (Å²) in [5, 5.41) is 9.07. The van der Waals surface area contributed by atoms with Crippen LogP contribution in [0.25, 0.3) is 5.70 Å². The monoisotopic (exact) mass is 595 g/mol. The van der Waals surface area contributed by atoms with E-state index in [0.29, 0.717) is 30.9 Å². The normalized spacial score (nSPS) is 20.5. The summed E-state index contributed by atoms with van der Waals surface area (Å²) in [7, 11) is 3.12. The molecule has 1 saturated heterocycles. The van der Waals surface area contributed by atoms with Crippen molar-refractivity contribution in [2.45, 2.75) is 70.0 Å². The zero-order valence-electron chi connectivity index (χ0n) is 25.7. The molecule has 3 N–H and O–H groups in total. The molecule has 0 bridgehead atoms. The third-order valence-electron chi connectivity index (χ3n) is 8.61. The molecule has 0 atom stereocenters. The van der Waals surface area contributed by atoms with Crippen LogP contribution < -0.4 is 20.7 Å². The van der Waals surface area contributed by atoms with E-state index in [2.05, 4.69) is 39.3 Å². The Morgan fingerprint density at radius 1 is 1.16 bits per heavy atom. The molecule has 0 spiro atoms. The minimum Gasteiger partial charge on any atom is -0.481 e. The number of amides is 2. The lowest BCUT2D eigenvalue weighted by atomic mass is 9.79. The molecule has 2 aromatic rings. The third kappa shape index (κ3) is 7.79. The molecular formula is C33H43F2N5O3. The van der Waals surface area contributed by atoms with Crippen molar-refractivity contribution in [3.05, 3.63) is 77.5 Å². The molecular weight excluding hydrogens is 552 g/mol. The van der Waals surface area contributed by atoms with E-state index in [4.69, 9.17) is 4.74 Å². The highest BCUT2D eigenvalue weighted by molar-refractivity contribution is 5.98. The first-order chi connectivity index (χ1) is 20.3. The van der Waals surface area contributed by atoms with E-state index >= 15 is 0 Å². The number of rotatable bonds is 11. The molecule has 2 heterocycles. The highest BCUT2D eigenvalue weighted by atomic mass is 19.1. The second-order valence-electron chi connectivity index (χ2n) is 12.4. The number of nitrogens with zero attached hydrogens (tertiary/aromatic N) is 2. The van der Waals surface area contributed by atoms with Crippen molar-refractivity contribution >= 4 is 17.5 Å². The van der Waals surface area contributed by atoms with Crippen molar-refractivity contribution in [3.63, 3.8) is 0 Å². The van der Waals surface area contributed by atoms with Gasteiger partial charge in [-0.05, 0) is 75.3 Å². The zero-order chi connectivity index (χ0) is 31.4. The average Bonchev–Trinajstić information content (AvgIpc) is 2.94. The number of nitrogens with one attached hydrogen (secondary N) is 3. The molecule has 2 fully saturated rings. The molecule has 4 rings (SSSR count). The fraction of sp³-hybridized carbons (Fsp3) is 0.485. The molecule has 0 radical (unpaired) electrons. The lowest BCUT2D eigenvalue weighted by Crippen LogP contribution is -2.73. The number of methoxy groups -OCH3 is 1. The van der Waals surface area contributed by atoms with Gasteiger partial charge < -0.3 is 20.7 Å². The number of hydrogen-bond acceptors (Lipinski definition) is 6. The number of benzene rings is 1. The van der Waals surface area contributed by atoms with E-state index in [-0.39, 0.29) is 29.2 Å². The van der Waals surface area contributed by atoms with Crippen LogP contribution in [0.1, 0.15) is 64.0 Å². The van der Waals surface area contributed by atoms with Gasteiger partial charge in [-0.15, -0.1) is 0 Å². The molecule has 1 aromatic carbocycles. The maximum absolute atomic E-state index is 14.5. The summed E-state index contributed by atoms with van der Waals surface area (Å²) >= 11 is 0. The van der Waals surface area contributed by atoms with E-state index < -0.39 is 28.6 Å². The van der Waals surface area contributed by atoms with Crippen LogP contribution in [0.2, 0.25) is 0 Å². The summed E-state index contributed by atoms with van der Waals surface area (Å²) in [5.41, 5.74) is -0.192. The van der Waals surface area contributed by atoms with Gasteiger partial charge in [-0.1, -0.05) is 13.5 Å². The maximum Gasteiger partial charge on any atom is 0.251 e. The number of hydrogen-bond donors (Lipinski definition) is 3. The Bertz CT molecular complexity index is 1380. The summed E-state index contributed by atoms with van der Waals surface area (Å²) in [6.45, 7) is 11.1. The Hall–Kier alpha value is -3.79. The smallest absolute Gasteiger partial charge is 0.251 e. The van der Waals surface area contributed by atoms with Crippen LogP contribution >= 0.6 is 0 Å². The van der Waals surface area contributed by atoms with E-state index in [0.717, 1.165) is 30.5 Å². The van der Waals surface area contributed by atoms with Gasteiger partial charge in [0, 0.05) is 61.3 Å². The Balaban J connectivity index is 1.50. The van der Waals surface area contributed by atoms with Crippen molar-refractivity contribution in [1.82, 2.24) is 25.8 Å². The van der Waals surface area contributed by atoms with Crippen molar-refractivity contribution < 1.29 is 23.1 Å². The molecule has 1 aliphatic carbocycles. The van der Waals surface area contributed by atoms with Gasteiger partial charge in [0.2, 0.25) is 11.8 Å². The lowest BCUT2D eigenvalue weighted by molar-refractivity contribution is -0.130. The quantitative estimate of drug-likeness (QED) is 0.258. The first-order valence-corrected chi connectivity index (χ1v) is 14.8. The highest BCUT2D eigenvalue weighted by Gasteiger charge is 2.48. The fourth-order valence-electron chi connectivity index (χ4n) is 6.07. The summed E-state index contributed by atoms with van der Waals surface area (Å²) in [5.74, 6) is -0.951. The molecule has 232 valence electrons. The standard InChI is InChI=1S/C33H43F2N5O3/c1-21-7-10-25(11-8-21)40-19-33(20-40,18-29(41)38-32(3,4)23-13-14-37-30(16-23)43-6)39-31(42)22(2)15-28(36-5)26-12-9-24(34)17-27(26)35/h9,12-17,21,25,36H,2,7-8,10-11,18-20H2,1,3-6H3,(H,38,41)(H,39,42)/b28-15-. The van der Waals surface area contributed by atoms with E-state index in [1.807, 2.05) is 19.9 Å². The maximum atomic E-state index is 14.5. The minimum atomic E-state index is -0.798. The molecule has 1 saturated carbocycles. The largest absolute Gasteiger partial charge is 0.481 e. The van der Waals surface area contributed by atoms with Gasteiger partial charge in [0.25, 0.3) is 5.91 Å². The molecule has 2 aliphatic rings. The number of likely N-dealkylation sites (tertiary alicyclic amines) is 1.